The van der Waals surface area contributed by atoms with Crippen LogP contribution in [0.1, 0.15) is 168 Å². The molecule has 9 N–H and O–H groups in total. The summed E-state index contributed by atoms with van der Waals surface area (Å²) in [4.78, 5) is 13.2. The number of allylic oxidation sites excluding steroid dienone is 9. The molecule has 2 fully saturated rings. The number of aliphatic hydroxyl groups is 8. The Hall–Kier alpha value is -2.31. The lowest BCUT2D eigenvalue weighted by molar-refractivity contribution is -0.359. The normalized spacial score (nSPS) is 27.3. The Morgan fingerprint density at radius 1 is 0.561 bits per heavy atom. The predicted octanol–water partition coefficient (Wildman–Crippen LogP) is 6.66. The third-order valence-corrected chi connectivity index (χ3v) is 12.2. The standard InChI is InChI=1S/C52H91NO13/c1-3-5-7-9-11-13-15-17-19-20-22-24-26-28-30-32-34-36-44(57)53-40(41(56)35-33-31-29-27-25-23-21-18-16-14-12-10-8-6-4-2)39-63-51-49(62)47(60)50(43(38-55)65-51)66-52-48(61)46(59)45(58)42(37-54)64-52/h5,7,11,13,17,19,22,24,33,35,40-43,45-52,54-56,58-62H,3-4,6,8-10,12,14-16,18,20-21,23,25-32,34,36-39H2,1-2H3,(H,53,57)/b7-5-,13-11-,19-17-,24-22-,35-33+. The number of aliphatic hydroxyl groups excluding tert-OH is 8. The maximum atomic E-state index is 13.2. The summed E-state index contributed by atoms with van der Waals surface area (Å²) >= 11 is 0. The van der Waals surface area contributed by atoms with Gasteiger partial charge in [0.05, 0.1) is 32.0 Å². The summed E-state index contributed by atoms with van der Waals surface area (Å²) in [7, 11) is 0. The lowest BCUT2D eigenvalue weighted by Gasteiger charge is -2.46. The maximum Gasteiger partial charge on any atom is 0.220 e. The predicted molar refractivity (Wildman–Crippen MR) is 258 cm³/mol. The molecule has 0 aliphatic carbocycles. The second-order valence-corrected chi connectivity index (χ2v) is 17.9. The highest BCUT2D eigenvalue weighted by atomic mass is 16.7. The van der Waals surface area contributed by atoms with Crippen LogP contribution in [0.5, 0.6) is 0 Å². The number of carbonyl (C=O) groups is 1. The first-order valence-electron chi connectivity index (χ1n) is 25.5. The third kappa shape index (κ3) is 25.3. The fourth-order valence-electron chi connectivity index (χ4n) is 8.04. The zero-order valence-corrected chi connectivity index (χ0v) is 40.4. The van der Waals surface area contributed by atoms with Gasteiger partial charge in [-0.2, -0.15) is 0 Å². The molecule has 0 aromatic carbocycles. The van der Waals surface area contributed by atoms with Crippen molar-refractivity contribution in [2.45, 2.75) is 242 Å². The molecule has 2 heterocycles. The Kier molecular flexibility index (Phi) is 34.9. The van der Waals surface area contributed by atoms with Crippen LogP contribution in [-0.2, 0) is 23.7 Å². The van der Waals surface area contributed by atoms with E-state index in [0.29, 0.717) is 6.42 Å². The van der Waals surface area contributed by atoms with E-state index >= 15 is 0 Å². The minimum Gasteiger partial charge on any atom is -0.394 e. The number of hydrogen-bond acceptors (Lipinski definition) is 13. The van der Waals surface area contributed by atoms with Gasteiger partial charge < -0.3 is 65.1 Å². The highest BCUT2D eigenvalue weighted by molar-refractivity contribution is 5.76. The monoisotopic (exact) mass is 938 g/mol. The first kappa shape index (κ1) is 59.8. The van der Waals surface area contributed by atoms with Gasteiger partial charge in [-0.05, 0) is 57.8 Å². The van der Waals surface area contributed by atoms with Crippen molar-refractivity contribution in [3.63, 3.8) is 0 Å². The summed E-state index contributed by atoms with van der Waals surface area (Å²) < 4.78 is 22.7. The fraction of sp³-hybridized carbons (Fsp3) is 0.788. The number of rotatable bonds is 38. The van der Waals surface area contributed by atoms with E-state index < -0.39 is 86.8 Å². The van der Waals surface area contributed by atoms with E-state index in [1.165, 1.54) is 70.6 Å². The van der Waals surface area contributed by atoms with Gasteiger partial charge in [0.2, 0.25) is 5.91 Å². The van der Waals surface area contributed by atoms with E-state index in [2.05, 4.69) is 67.8 Å². The Morgan fingerprint density at radius 2 is 1.05 bits per heavy atom. The molecule has 14 nitrogen and oxygen atoms in total. The van der Waals surface area contributed by atoms with Gasteiger partial charge in [-0.15, -0.1) is 0 Å². The minimum atomic E-state index is -1.79. The maximum absolute atomic E-state index is 13.2. The van der Waals surface area contributed by atoms with Crippen molar-refractivity contribution in [1.29, 1.82) is 0 Å². The molecule has 2 rings (SSSR count). The highest BCUT2D eigenvalue weighted by Gasteiger charge is 2.51. The largest absolute Gasteiger partial charge is 0.394 e. The summed E-state index contributed by atoms with van der Waals surface area (Å²) in [5.41, 5.74) is 0. The zero-order chi connectivity index (χ0) is 48.2. The molecule has 0 saturated carbocycles. The van der Waals surface area contributed by atoms with E-state index in [1.54, 1.807) is 6.08 Å². The van der Waals surface area contributed by atoms with Crippen molar-refractivity contribution in [3.05, 3.63) is 60.8 Å². The molecule has 2 aliphatic heterocycles. The quantitative estimate of drug-likeness (QED) is 0.0234. The highest BCUT2D eigenvalue weighted by Crippen LogP contribution is 2.30. The fourth-order valence-corrected chi connectivity index (χ4v) is 8.04. The number of nitrogens with one attached hydrogen (secondary N) is 1. The summed E-state index contributed by atoms with van der Waals surface area (Å²) in [6, 6.07) is -0.929. The summed E-state index contributed by atoms with van der Waals surface area (Å²) in [5.74, 6) is -0.266. The van der Waals surface area contributed by atoms with Crippen LogP contribution in [0, 0.1) is 0 Å². The van der Waals surface area contributed by atoms with Gasteiger partial charge in [0.25, 0.3) is 0 Å². The first-order valence-corrected chi connectivity index (χ1v) is 25.5. The van der Waals surface area contributed by atoms with Gasteiger partial charge in [0, 0.05) is 6.42 Å². The van der Waals surface area contributed by atoms with E-state index in [4.69, 9.17) is 18.9 Å². The number of ether oxygens (including phenoxy) is 4. The van der Waals surface area contributed by atoms with Crippen LogP contribution in [-0.4, -0.2) is 140 Å². The zero-order valence-electron chi connectivity index (χ0n) is 40.4. The molecular formula is C52H91NO13. The molecule has 0 spiro atoms. The van der Waals surface area contributed by atoms with Gasteiger partial charge in [0.1, 0.15) is 48.8 Å². The lowest BCUT2D eigenvalue weighted by Crippen LogP contribution is -2.65. The average Bonchev–Trinajstić information content (AvgIpc) is 3.31. The first-order chi connectivity index (χ1) is 32.1. The minimum absolute atomic E-state index is 0.251. The van der Waals surface area contributed by atoms with E-state index in [0.717, 1.165) is 70.6 Å². The SMILES string of the molecule is CC/C=C\C/C=C\C/C=C\C/C=C\CCCCCCC(=O)NC(COC1OC(CO)C(OC2OC(CO)C(O)C(O)C2O)C(O)C1O)C(O)/C=C/CCCCCCCCCCCCCCC. The summed E-state index contributed by atoms with van der Waals surface area (Å²) in [5, 5.41) is 86.7. The molecule has 0 aromatic heterocycles. The van der Waals surface area contributed by atoms with Gasteiger partial charge in [-0.1, -0.05) is 164 Å². The molecule has 0 aromatic rings. The van der Waals surface area contributed by atoms with Crippen LogP contribution >= 0.6 is 0 Å². The van der Waals surface area contributed by atoms with Crippen LogP contribution in [0.4, 0.5) is 0 Å². The number of hydrogen-bond donors (Lipinski definition) is 9. The van der Waals surface area contributed by atoms with Crippen LogP contribution in [0.3, 0.4) is 0 Å². The van der Waals surface area contributed by atoms with Gasteiger partial charge >= 0.3 is 0 Å². The topological polar surface area (TPSA) is 228 Å². The Labute approximate surface area is 396 Å². The molecule has 0 radical (unpaired) electrons. The Bertz CT molecular complexity index is 1340. The molecule has 1 amide bonds. The van der Waals surface area contributed by atoms with Crippen molar-refractivity contribution in [1.82, 2.24) is 5.32 Å². The van der Waals surface area contributed by atoms with Crippen LogP contribution in [0.2, 0.25) is 0 Å². The van der Waals surface area contributed by atoms with E-state index in [-0.39, 0.29) is 18.9 Å². The van der Waals surface area contributed by atoms with Crippen LogP contribution in [0.15, 0.2) is 60.8 Å². The van der Waals surface area contributed by atoms with E-state index in [1.807, 2.05) is 6.08 Å². The van der Waals surface area contributed by atoms with Crippen molar-refractivity contribution in [3.8, 4) is 0 Å². The molecule has 2 saturated heterocycles. The number of amides is 1. The van der Waals surface area contributed by atoms with Crippen LogP contribution in [0.25, 0.3) is 0 Å². The van der Waals surface area contributed by atoms with Crippen molar-refractivity contribution >= 4 is 5.91 Å². The molecule has 0 bridgehead atoms. The molecule has 14 heteroatoms. The number of unbranched alkanes of at least 4 members (excludes halogenated alkanes) is 17. The van der Waals surface area contributed by atoms with Crippen molar-refractivity contribution in [2.24, 2.45) is 0 Å². The summed E-state index contributed by atoms with van der Waals surface area (Å²) in [6.07, 6.45) is 29.7. The molecule has 12 unspecified atom stereocenters. The molecular weight excluding hydrogens is 847 g/mol. The van der Waals surface area contributed by atoms with Gasteiger partial charge in [-0.25, -0.2) is 0 Å². The second-order valence-electron chi connectivity index (χ2n) is 17.9. The Morgan fingerprint density at radius 3 is 1.61 bits per heavy atom. The third-order valence-electron chi connectivity index (χ3n) is 12.2. The Balaban J connectivity index is 1.87. The van der Waals surface area contributed by atoms with Gasteiger partial charge in [-0.3, -0.25) is 4.79 Å². The van der Waals surface area contributed by atoms with Crippen molar-refractivity contribution < 1.29 is 64.6 Å². The number of carbonyl (C=O) groups excluding carboxylic acids is 1. The van der Waals surface area contributed by atoms with E-state index in [9.17, 15) is 45.6 Å². The lowest BCUT2D eigenvalue weighted by atomic mass is 9.97. The van der Waals surface area contributed by atoms with Crippen molar-refractivity contribution in [2.75, 3.05) is 19.8 Å². The van der Waals surface area contributed by atoms with Gasteiger partial charge in [0.15, 0.2) is 12.6 Å². The van der Waals surface area contributed by atoms with Crippen LogP contribution < -0.4 is 5.32 Å². The molecule has 2 aliphatic rings. The smallest absolute Gasteiger partial charge is 0.220 e. The molecule has 66 heavy (non-hydrogen) atoms. The second kappa shape index (κ2) is 38.5. The average molecular weight is 938 g/mol. The summed E-state index contributed by atoms with van der Waals surface area (Å²) in [6.45, 7) is 2.64. The molecule has 382 valence electrons. The molecule has 12 atom stereocenters.